The van der Waals surface area contributed by atoms with E-state index in [1.54, 1.807) is 24.0 Å². The van der Waals surface area contributed by atoms with E-state index in [0.29, 0.717) is 24.0 Å². The van der Waals surface area contributed by atoms with Gasteiger partial charge in [-0.3, -0.25) is 9.59 Å². The van der Waals surface area contributed by atoms with Crippen molar-refractivity contribution in [2.45, 2.75) is 45.5 Å². The topological polar surface area (TPSA) is 49.4 Å². The van der Waals surface area contributed by atoms with E-state index in [4.69, 9.17) is 0 Å². The zero-order valence-corrected chi connectivity index (χ0v) is 17.3. The van der Waals surface area contributed by atoms with E-state index in [1.165, 1.54) is 25.1 Å². The molecule has 2 atom stereocenters. The first kappa shape index (κ1) is 22.8. The normalized spacial score (nSPS) is 19.2. The van der Waals surface area contributed by atoms with Crippen LogP contribution in [0.1, 0.15) is 48.1 Å². The van der Waals surface area contributed by atoms with Gasteiger partial charge >= 0.3 is 6.18 Å². The maximum absolute atomic E-state index is 13.6. The second-order valence-corrected chi connectivity index (χ2v) is 7.89. The highest BCUT2D eigenvalue weighted by molar-refractivity contribution is 5.81. The number of benzene rings is 2. The van der Waals surface area contributed by atoms with Crippen molar-refractivity contribution in [2.24, 2.45) is 5.92 Å². The second-order valence-electron chi connectivity index (χ2n) is 7.89. The summed E-state index contributed by atoms with van der Waals surface area (Å²) in [4.78, 5) is 26.5. The van der Waals surface area contributed by atoms with Gasteiger partial charge in [0.15, 0.2) is 0 Å². The summed E-state index contributed by atoms with van der Waals surface area (Å²) < 4.78 is 52.2. The lowest BCUT2D eigenvalue weighted by Gasteiger charge is -2.39. The summed E-state index contributed by atoms with van der Waals surface area (Å²) in [6.07, 6.45) is -3.40. The summed E-state index contributed by atoms with van der Waals surface area (Å²) in [5.41, 5.74) is 0.887. The van der Waals surface area contributed by atoms with Crippen molar-refractivity contribution >= 4 is 11.8 Å². The molecule has 1 saturated heterocycles. The second kappa shape index (κ2) is 9.08. The Morgan fingerprint density at radius 2 is 1.87 bits per heavy atom. The van der Waals surface area contributed by atoms with Gasteiger partial charge in [-0.25, -0.2) is 4.39 Å². The van der Waals surface area contributed by atoms with E-state index in [0.717, 1.165) is 17.7 Å². The molecule has 0 spiro atoms. The average Bonchev–Trinajstić information content (AvgIpc) is 2.73. The Hall–Kier alpha value is -2.90. The largest absolute Gasteiger partial charge is 0.416 e. The molecule has 0 bridgehead atoms. The van der Waals surface area contributed by atoms with Crippen molar-refractivity contribution in [2.75, 3.05) is 6.54 Å². The van der Waals surface area contributed by atoms with Gasteiger partial charge in [-0.2, -0.15) is 13.2 Å². The highest BCUT2D eigenvalue weighted by Gasteiger charge is 2.34. The van der Waals surface area contributed by atoms with Gasteiger partial charge in [0, 0.05) is 20.0 Å². The molecular formula is C23H24F4N2O2. The van der Waals surface area contributed by atoms with Crippen molar-refractivity contribution in [3.63, 3.8) is 0 Å². The third kappa shape index (κ3) is 5.42. The fourth-order valence-electron chi connectivity index (χ4n) is 3.95. The lowest BCUT2D eigenvalue weighted by atomic mass is 9.88. The molecule has 0 aromatic heterocycles. The van der Waals surface area contributed by atoms with Gasteiger partial charge in [-0.15, -0.1) is 0 Å². The minimum Gasteiger partial charge on any atom is -0.352 e. The molecule has 2 amide bonds. The van der Waals surface area contributed by atoms with Crippen LogP contribution in [0.3, 0.4) is 0 Å². The van der Waals surface area contributed by atoms with E-state index >= 15 is 0 Å². The third-order valence-electron chi connectivity index (χ3n) is 5.64. The first-order chi connectivity index (χ1) is 14.6. The number of nitrogens with zero attached hydrogens (tertiary/aromatic N) is 1. The Bertz CT molecular complexity index is 974. The standard InChI is InChI=1S/C23H24F4N2O2/c1-14-10-17(6-8-20(14)24)21-9-7-18(13-29(21)15(2)30)22(31)28-12-16-4-3-5-19(11-16)23(25,26)27/h3-6,8,10-11,18,21H,7,9,12-13H2,1-2H3,(H,28,31)/t18-,21-/m1/s1. The van der Waals surface area contributed by atoms with E-state index < -0.39 is 17.7 Å². The highest BCUT2D eigenvalue weighted by atomic mass is 19.4. The summed E-state index contributed by atoms with van der Waals surface area (Å²) >= 11 is 0. The van der Waals surface area contributed by atoms with Crippen LogP contribution in [0.25, 0.3) is 0 Å². The summed E-state index contributed by atoms with van der Waals surface area (Å²) in [5.74, 6) is -1.28. The number of rotatable bonds is 4. The summed E-state index contributed by atoms with van der Waals surface area (Å²) in [6, 6.07) is 9.30. The number of hydrogen-bond donors (Lipinski definition) is 1. The van der Waals surface area contributed by atoms with E-state index in [1.807, 2.05) is 0 Å². The Labute approximate surface area is 178 Å². The Balaban J connectivity index is 1.66. The third-order valence-corrected chi connectivity index (χ3v) is 5.64. The fraction of sp³-hybridized carbons (Fsp3) is 0.391. The number of nitrogens with one attached hydrogen (secondary N) is 1. The molecule has 1 heterocycles. The monoisotopic (exact) mass is 436 g/mol. The van der Waals surface area contributed by atoms with Gasteiger partial charge < -0.3 is 10.2 Å². The first-order valence-electron chi connectivity index (χ1n) is 10.0. The molecule has 0 unspecified atom stereocenters. The summed E-state index contributed by atoms with van der Waals surface area (Å²) in [7, 11) is 0. The predicted molar refractivity (Wildman–Crippen MR) is 107 cm³/mol. The molecule has 1 N–H and O–H groups in total. The van der Waals surface area contributed by atoms with Crippen LogP contribution in [0.15, 0.2) is 42.5 Å². The molecular weight excluding hydrogens is 412 g/mol. The van der Waals surface area contributed by atoms with E-state index in [9.17, 15) is 27.2 Å². The quantitative estimate of drug-likeness (QED) is 0.702. The lowest BCUT2D eigenvalue weighted by molar-refractivity contribution is -0.138. The molecule has 4 nitrogen and oxygen atoms in total. The van der Waals surface area contributed by atoms with Gasteiger partial charge in [0.25, 0.3) is 0 Å². The highest BCUT2D eigenvalue weighted by Crippen LogP contribution is 2.34. The first-order valence-corrected chi connectivity index (χ1v) is 10.0. The van der Waals surface area contributed by atoms with Gasteiger partial charge in [0.1, 0.15) is 5.82 Å². The van der Waals surface area contributed by atoms with Crippen LogP contribution in [-0.2, 0) is 22.3 Å². The zero-order valence-electron chi connectivity index (χ0n) is 17.3. The molecule has 0 saturated carbocycles. The number of hydrogen-bond acceptors (Lipinski definition) is 2. The van der Waals surface area contributed by atoms with Crippen molar-refractivity contribution in [3.05, 3.63) is 70.5 Å². The molecule has 2 aromatic rings. The number of piperidine rings is 1. The van der Waals surface area contributed by atoms with Crippen molar-refractivity contribution in [3.8, 4) is 0 Å². The van der Waals surface area contributed by atoms with Crippen molar-refractivity contribution in [1.29, 1.82) is 0 Å². The molecule has 2 aromatic carbocycles. The molecule has 8 heteroatoms. The number of halogens is 4. The molecule has 3 rings (SSSR count). The van der Waals surface area contributed by atoms with E-state index in [-0.39, 0.29) is 36.8 Å². The molecule has 1 aliphatic rings. The molecule has 0 aliphatic carbocycles. The van der Waals surface area contributed by atoms with Crippen LogP contribution in [-0.4, -0.2) is 23.3 Å². The van der Waals surface area contributed by atoms with Crippen LogP contribution >= 0.6 is 0 Å². The molecule has 1 fully saturated rings. The predicted octanol–water partition coefficient (Wildman–Crippen LogP) is 4.77. The SMILES string of the molecule is CC(=O)N1C[C@H](C(=O)NCc2cccc(C(F)(F)F)c2)CC[C@@H]1c1ccc(F)c(C)c1. The Morgan fingerprint density at radius 3 is 2.52 bits per heavy atom. The number of amides is 2. The van der Waals surface area contributed by atoms with Crippen LogP contribution in [0.4, 0.5) is 17.6 Å². The lowest BCUT2D eigenvalue weighted by Crippen LogP contribution is -2.46. The van der Waals surface area contributed by atoms with Crippen molar-refractivity contribution in [1.82, 2.24) is 10.2 Å². The number of aryl methyl sites for hydroxylation is 1. The van der Waals surface area contributed by atoms with Gasteiger partial charge in [0.2, 0.25) is 11.8 Å². The Kier molecular flexibility index (Phi) is 6.67. The van der Waals surface area contributed by atoms with Crippen LogP contribution in [0, 0.1) is 18.7 Å². The number of carbonyl (C=O) groups is 2. The maximum atomic E-state index is 13.6. The summed E-state index contributed by atoms with van der Waals surface area (Å²) in [5, 5.41) is 2.68. The molecule has 1 aliphatic heterocycles. The minimum absolute atomic E-state index is 0.0279. The Morgan fingerprint density at radius 1 is 1.13 bits per heavy atom. The smallest absolute Gasteiger partial charge is 0.352 e. The van der Waals surface area contributed by atoms with Crippen LogP contribution < -0.4 is 5.32 Å². The van der Waals surface area contributed by atoms with Gasteiger partial charge in [0.05, 0.1) is 17.5 Å². The fourth-order valence-corrected chi connectivity index (χ4v) is 3.95. The van der Waals surface area contributed by atoms with Gasteiger partial charge in [-0.1, -0.05) is 24.3 Å². The number of likely N-dealkylation sites (tertiary alicyclic amines) is 1. The molecule has 166 valence electrons. The maximum Gasteiger partial charge on any atom is 0.416 e. The van der Waals surface area contributed by atoms with Crippen LogP contribution in [0.2, 0.25) is 0 Å². The average molecular weight is 436 g/mol. The number of carbonyl (C=O) groups excluding carboxylic acids is 2. The van der Waals surface area contributed by atoms with E-state index in [2.05, 4.69) is 5.32 Å². The molecule has 0 radical (unpaired) electrons. The zero-order chi connectivity index (χ0) is 22.8. The number of alkyl halides is 3. The van der Waals surface area contributed by atoms with Gasteiger partial charge in [-0.05, 0) is 54.7 Å². The van der Waals surface area contributed by atoms with Crippen LogP contribution in [0.5, 0.6) is 0 Å². The van der Waals surface area contributed by atoms with Crippen molar-refractivity contribution < 1.29 is 27.2 Å². The summed E-state index contributed by atoms with van der Waals surface area (Å²) in [6.45, 7) is 3.25. The molecule has 31 heavy (non-hydrogen) atoms. The minimum atomic E-state index is -4.45.